The summed E-state index contributed by atoms with van der Waals surface area (Å²) >= 11 is 5.52. The average Bonchev–Trinajstić information content (AvgIpc) is 3.09. The molecule has 25 heavy (non-hydrogen) atoms. The van der Waals surface area contributed by atoms with E-state index in [1.165, 1.54) is 0 Å². The topological polar surface area (TPSA) is 59.4 Å². The number of nitrogens with one attached hydrogen (secondary N) is 1. The van der Waals surface area contributed by atoms with E-state index in [0.717, 1.165) is 17.1 Å². The van der Waals surface area contributed by atoms with Crippen LogP contribution >= 0.6 is 12.2 Å². The van der Waals surface area contributed by atoms with Crippen molar-refractivity contribution in [2.24, 2.45) is 7.05 Å². The second-order valence-corrected chi connectivity index (χ2v) is 6.40. The van der Waals surface area contributed by atoms with Gasteiger partial charge in [-0.05, 0) is 50.3 Å². The molecule has 0 bridgehead atoms. The Morgan fingerprint density at radius 3 is 2.76 bits per heavy atom. The fourth-order valence-corrected chi connectivity index (χ4v) is 3.48. The third kappa shape index (κ3) is 3.37. The minimum absolute atomic E-state index is 0.109. The lowest BCUT2D eigenvalue weighted by atomic mass is 10.0. The van der Waals surface area contributed by atoms with Crippen molar-refractivity contribution in [1.29, 1.82) is 0 Å². The maximum Gasteiger partial charge on any atom is 0.325 e. The zero-order valence-corrected chi connectivity index (χ0v) is 15.4. The number of thiocarbonyl (C=S) groups is 1. The Labute approximate surface area is 152 Å². The number of nitrogens with zero attached hydrogens (tertiary/aromatic N) is 3. The summed E-state index contributed by atoms with van der Waals surface area (Å²) in [5.41, 5.74) is 3.11. The van der Waals surface area contributed by atoms with Gasteiger partial charge in [0, 0.05) is 24.6 Å². The largest absolute Gasteiger partial charge is 0.465 e. The Balaban J connectivity index is 2.00. The molecule has 0 radical (unpaired) electrons. The van der Waals surface area contributed by atoms with Gasteiger partial charge in [-0.3, -0.25) is 9.78 Å². The summed E-state index contributed by atoms with van der Waals surface area (Å²) in [6.07, 6.45) is 1.77. The molecule has 3 rings (SSSR count). The molecule has 1 aliphatic rings. The van der Waals surface area contributed by atoms with Gasteiger partial charge in [0.05, 0.1) is 24.4 Å². The molecule has 2 aromatic rings. The predicted molar refractivity (Wildman–Crippen MR) is 98.9 cm³/mol. The smallest absolute Gasteiger partial charge is 0.325 e. The lowest BCUT2D eigenvalue weighted by Crippen LogP contribution is -2.36. The van der Waals surface area contributed by atoms with Crippen LogP contribution in [0.4, 0.5) is 0 Å². The number of hydrogen-bond donors (Lipinski definition) is 1. The van der Waals surface area contributed by atoms with Gasteiger partial charge in [0.25, 0.3) is 0 Å². The molecule has 0 spiro atoms. The number of carbonyl (C=O) groups excluding carboxylic acids is 1. The normalized spacial score (nSPS) is 19.8. The Morgan fingerprint density at radius 1 is 1.36 bits per heavy atom. The van der Waals surface area contributed by atoms with Crippen molar-refractivity contribution in [2.75, 3.05) is 13.2 Å². The molecule has 2 atom stereocenters. The van der Waals surface area contributed by atoms with Crippen LogP contribution in [-0.2, 0) is 16.6 Å². The molecule has 0 unspecified atom stereocenters. The third-order valence-corrected chi connectivity index (χ3v) is 4.87. The summed E-state index contributed by atoms with van der Waals surface area (Å²) in [5, 5.41) is 3.86. The molecular formula is C18H22N4O2S. The average molecular weight is 358 g/mol. The van der Waals surface area contributed by atoms with Crippen LogP contribution in [0.5, 0.6) is 0 Å². The first kappa shape index (κ1) is 17.4. The maximum absolute atomic E-state index is 12.1. The Kier molecular flexibility index (Phi) is 5.03. The molecule has 0 aromatic carbocycles. The van der Waals surface area contributed by atoms with Gasteiger partial charge in [-0.15, -0.1) is 0 Å². The van der Waals surface area contributed by atoms with Gasteiger partial charge in [0.2, 0.25) is 0 Å². The van der Waals surface area contributed by atoms with Gasteiger partial charge < -0.3 is 19.5 Å². The highest BCUT2D eigenvalue weighted by atomic mass is 32.1. The van der Waals surface area contributed by atoms with E-state index in [-0.39, 0.29) is 24.6 Å². The second-order valence-electron chi connectivity index (χ2n) is 6.02. The van der Waals surface area contributed by atoms with Crippen molar-refractivity contribution in [2.45, 2.75) is 25.9 Å². The van der Waals surface area contributed by atoms with E-state index in [2.05, 4.69) is 33.9 Å². The van der Waals surface area contributed by atoms with Crippen LogP contribution in [0.25, 0.3) is 0 Å². The molecule has 0 saturated carbocycles. The van der Waals surface area contributed by atoms with E-state index in [1.807, 2.05) is 30.1 Å². The molecule has 132 valence electrons. The molecular weight excluding hydrogens is 336 g/mol. The van der Waals surface area contributed by atoms with Crippen molar-refractivity contribution in [3.8, 4) is 0 Å². The number of ether oxygens (including phenoxy) is 1. The maximum atomic E-state index is 12.1. The number of aryl methyl sites for hydroxylation is 1. The van der Waals surface area contributed by atoms with Gasteiger partial charge >= 0.3 is 5.97 Å². The highest BCUT2D eigenvalue weighted by Gasteiger charge is 2.42. The lowest BCUT2D eigenvalue weighted by molar-refractivity contribution is -0.143. The number of aromatic nitrogens is 2. The van der Waals surface area contributed by atoms with Crippen LogP contribution < -0.4 is 5.32 Å². The molecule has 7 heteroatoms. The molecule has 6 nitrogen and oxygen atoms in total. The predicted octanol–water partition coefficient (Wildman–Crippen LogP) is 2.26. The summed E-state index contributed by atoms with van der Waals surface area (Å²) < 4.78 is 7.24. The van der Waals surface area contributed by atoms with Crippen molar-refractivity contribution in [3.05, 3.63) is 53.6 Å². The first-order valence-corrected chi connectivity index (χ1v) is 8.69. The highest BCUT2D eigenvalue weighted by molar-refractivity contribution is 7.80. The minimum atomic E-state index is -0.288. The highest BCUT2D eigenvalue weighted by Crippen LogP contribution is 2.38. The number of hydrogen-bond acceptors (Lipinski definition) is 4. The Hall–Kier alpha value is -2.41. The second kappa shape index (κ2) is 7.23. The van der Waals surface area contributed by atoms with Crippen molar-refractivity contribution < 1.29 is 9.53 Å². The van der Waals surface area contributed by atoms with E-state index in [1.54, 1.807) is 13.1 Å². The van der Waals surface area contributed by atoms with Crippen LogP contribution in [0.3, 0.4) is 0 Å². The fourth-order valence-electron chi connectivity index (χ4n) is 3.17. The number of esters is 1. The first-order valence-electron chi connectivity index (χ1n) is 8.28. The monoisotopic (exact) mass is 358 g/mol. The third-order valence-electron chi connectivity index (χ3n) is 4.52. The van der Waals surface area contributed by atoms with Crippen molar-refractivity contribution >= 4 is 23.3 Å². The molecule has 1 N–H and O–H groups in total. The van der Waals surface area contributed by atoms with Crippen LogP contribution in [0, 0.1) is 6.92 Å². The summed E-state index contributed by atoms with van der Waals surface area (Å²) in [7, 11) is 2.02. The minimum Gasteiger partial charge on any atom is -0.465 e. The van der Waals surface area contributed by atoms with Crippen molar-refractivity contribution in [3.63, 3.8) is 0 Å². The van der Waals surface area contributed by atoms with Crippen LogP contribution in [0.15, 0.2) is 36.5 Å². The zero-order chi connectivity index (χ0) is 18.0. The molecule has 1 fully saturated rings. The number of carbonyl (C=O) groups is 1. The van der Waals surface area contributed by atoms with E-state index in [9.17, 15) is 4.79 Å². The molecule has 3 heterocycles. The number of rotatable bonds is 5. The van der Waals surface area contributed by atoms with Crippen molar-refractivity contribution in [1.82, 2.24) is 19.8 Å². The molecule has 1 aliphatic heterocycles. The summed E-state index contributed by atoms with van der Waals surface area (Å²) in [6, 6.07) is 9.68. The Bertz CT molecular complexity index is 775. The fraction of sp³-hybridized carbons (Fsp3) is 0.389. The van der Waals surface area contributed by atoms with Gasteiger partial charge in [-0.2, -0.15) is 0 Å². The lowest BCUT2D eigenvalue weighted by Gasteiger charge is -2.27. The SMILES string of the molecule is CCOC(=O)CN1C(=S)N[C@@H](c2ccccn2)[C@H]1c1ccc(C)n1C. The van der Waals surface area contributed by atoms with Gasteiger partial charge in [0.15, 0.2) is 5.11 Å². The van der Waals surface area contributed by atoms with Crippen LogP contribution in [-0.4, -0.2) is 38.7 Å². The standard InChI is InChI=1S/C18H22N4O2S/c1-4-24-15(23)11-22-17(14-9-8-12(2)21(14)3)16(20-18(22)25)13-7-5-6-10-19-13/h5-10,16-17H,4,11H2,1-3H3,(H,20,25)/t16-,17+/m0/s1. The molecule has 0 aliphatic carbocycles. The quantitative estimate of drug-likeness (QED) is 0.654. The van der Waals surface area contributed by atoms with E-state index in [4.69, 9.17) is 17.0 Å². The zero-order valence-electron chi connectivity index (χ0n) is 14.6. The van der Waals surface area contributed by atoms with Crippen LogP contribution in [0.1, 0.15) is 36.1 Å². The molecule has 1 saturated heterocycles. The van der Waals surface area contributed by atoms with E-state index >= 15 is 0 Å². The first-order chi connectivity index (χ1) is 12.0. The van der Waals surface area contributed by atoms with Crippen LogP contribution in [0.2, 0.25) is 0 Å². The van der Waals surface area contributed by atoms with Gasteiger partial charge in [-0.25, -0.2) is 0 Å². The van der Waals surface area contributed by atoms with Gasteiger partial charge in [0.1, 0.15) is 6.54 Å². The number of pyridine rings is 1. The molecule has 0 amide bonds. The Morgan fingerprint density at radius 2 is 2.16 bits per heavy atom. The summed E-state index contributed by atoms with van der Waals surface area (Å²) in [4.78, 5) is 18.5. The van der Waals surface area contributed by atoms with E-state index < -0.39 is 0 Å². The molecule has 2 aromatic heterocycles. The van der Waals surface area contributed by atoms with Gasteiger partial charge in [-0.1, -0.05) is 6.07 Å². The summed E-state index contributed by atoms with van der Waals surface area (Å²) in [6.45, 7) is 4.31. The summed E-state index contributed by atoms with van der Waals surface area (Å²) in [5.74, 6) is -0.288. The van der Waals surface area contributed by atoms with E-state index in [0.29, 0.717) is 11.7 Å².